The van der Waals surface area contributed by atoms with Crippen molar-refractivity contribution in [3.63, 3.8) is 0 Å². The third-order valence-corrected chi connectivity index (χ3v) is 6.05. The van der Waals surface area contributed by atoms with Crippen molar-refractivity contribution in [1.29, 1.82) is 0 Å². The van der Waals surface area contributed by atoms with Crippen LogP contribution >= 0.6 is 11.3 Å². The molecule has 1 unspecified atom stereocenters. The van der Waals surface area contributed by atoms with Crippen LogP contribution in [0.2, 0.25) is 0 Å². The van der Waals surface area contributed by atoms with E-state index in [1.807, 2.05) is 76.3 Å². The zero-order chi connectivity index (χ0) is 19.8. The Morgan fingerprint density at radius 1 is 1.14 bits per heavy atom. The maximum absolute atomic E-state index is 13.4. The minimum atomic E-state index is -0.0791. The van der Waals surface area contributed by atoms with Gasteiger partial charge >= 0.3 is 0 Å². The molecule has 0 aliphatic heterocycles. The van der Waals surface area contributed by atoms with Crippen molar-refractivity contribution in [3.8, 4) is 10.6 Å². The van der Waals surface area contributed by atoms with E-state index < -0.39 is 0 Å². The fourth-order valence-corrected chi connectivity index (χ4v) is 4.11. The van der Waals surface area contributed by atoms with Gasteiger partial charge in [-0.1, -0.05) is 35.5 Å². The Kier molecular flexibility index (Phi) is 4.73. The lowest BCUT2D eigenvalue weighted by atomic mass is 10.0. The molecule has 0 N–H and O–H groups in total. The first-order chi connectivity index (χ1) is 13.5. The number of rotatable bonds is 4. The Hall–Kier alpha value is -2.99. The molecule has 3 heterocycles. The summed E-state index contributed by atoms with van der Waals surface area (Å²) in [6.07, 6.45) is 0. The highest BCUT2D eigenvalue weighted by Crippen LogP contribution is 2.32. The molecule has 28 heavy (non-hydrogen) atoms. The van der Waals surface area contributed by atoms with Gasteiger partial charge < -0.3 is 9.42 Å². The summed E-state index contributed by atoms with van der Waals surface area (Å²) in [6, 6.07) is 15.8. The normalized spacial score (nSPS) is 12.3. The number of thiophene rings is 1. The fraction of sp³-hybridized carbons (Fsp3) is 0.227. The summed E-state index contributed by atoms with van der Waals surface area (Å²) >= 11 is 1.64. The molecule has 4 rings (SSSR count). The van der Waals surface area contributed by atoms with Crippen molar-refractivity contribution in [2.75, 3.05) is 7.05 Å². The molecule has 3 aromatic heterocycles. The van der Waals surface area contributed by atoms with Gasteiger partial charge in [0.25, 0.3) is 11.6 Å². The van der Waals surface area contributed by atoms with Crippen molar-refractivity contribution in [1.82, 2.24) is 15.0 Å². The number of fused-ring (bicyclic) bond motifs is 1. The Labute approximate surface area is 167 Å². The molecular formula is C22H21N3O2S. The first-order valence-electron chi connectivity index (χ1n) is 9.11. The van der Waals surface area contributed by atoms with Gasteiger partial charge in [0.2, 0.25) is 0 Å². The van der Waals surface area contributed by atoms with Crippen molar-refractivity contribution in [2.45, 2.75) is 26.8 Å². The standard InChI is InChI=1S/C22H21N3O2S/c1-13-10-11-19(28-13)18-12-17(20-14(2)24-27-21(20)23-18)22(26)25(4)15(3)16-8-6-5-7-9-16/h5-12,15H,1-4H3. The van der Waals surface area contributed by atoms with Gasteiger partial charge in [0.15, 0.2) is 0 Å². The van der Waals surface area contributed by atoms with E-state index in [0.29, 0.717) is 22.4 Å². The van der Waals surface area contributed by atoms with Crippen LogP contribution in [0.3, 0.4) is 0 Å². The Morgan fingerprint density at radius 3 is 2.57 bits per heavy atom. The molecule has 1 aromatic carbocycles. The fourth-order valence-electron chi connectivity index (χ4n) is 3.28. The number of aryl methyl sites for hydroxylation is 2. The van der Waals surface area contributed by atoms with Crippen molar-refractivity contribution in [2.24, 2.45) is 0 Å². The summed E-state index contributed by atoms with van der Waals surface area (Å²) in [4.78, 5) is 22.0. The molecule has 6 heteroatoms. The molecule has 5 nitrogen and oxygen atoms in total. The van der Waals surface area contributed by atoms with E-state index in [1.165, 1.54) is 4.88 Å². The van der Waals surface area contributed by atoms with Gasteiger partial charge in [-0.25, -0.2) is 4.98 Å². The van der Waals surface area contributed by atoms with E-state index in [2.05, 4.69) is 10.1 Å². The van der Waals surface area contributed by atoms with E-state index in [4.69, 9.17) is 4.52 Å². The van der Waals surface area contributed by atoms with Gasteiger partial charge in [0.05, 0.1) is 33.3 Å². The Morgan fingerprint density at radius 2 is 1.89 bits per heavy atom. The van der Waals surface area contributed by atoms with Crippen LogP contribution in [0.5, 0.6) is 0 Å². The lowest BCUT2D eigenvalue weighted by Gasteiger charge is -2.25. The molecule has 0 spiro atoms. The third-order valence-electron chi connectivity index (χ3n) is 5.02. The molecule has 1 amide bonds. The van der Waals surface area contributed by atoms with Crippen LogP contribution in [0.1, 0.15) is 39.5 Å². The number of hydrogen-bond donors (Lipinski definition) is 0. The van der Waals surface area contributed by atoms with E-state index in [1.54, 1.807) is 16.2 Å². The summed E-state index contributed by atoms with van der Waals surface area (Å²) in [7, 11) is 1.82. The molecule has 0 saturated heterocycles. The monoisotopic (exact) mass is 391 g/mol. The number of amides is 1. The Bertz CT molecular complexity index is 1150. The van der Waals surface area contributed by atoms with E-state index >= 15 is 0 Å². The first-order valence-corrected chi connectivity index (χ1v) is 9.93. The zero-order valence-corrected chi connectivity index (χ0v) is 17.1. The third kappa shape index (κ3) is 3.20. The molecule has 0 radical (unpaired) electrons. The summed E-state index contributed by atoms with van der Waals surface area (Å²) in [5.41, 5.74) is 3.44. The second kappa shape index (κ2) is 7.20. The number of benzene rings is 1. The van der Waals surface area contributed by atoms with Gasteiger partial charge in [0.1, 0.15) is 0 Å². The van der Waals surface area contributed by atoms with Crippen LogP contribution in [0.4, 0.5) is 0 Å². The maximum Gasteiger partial charge on any atom is 0.259 e. The molecular weight excluding hydrogens is 370 g/mol. The molecule has 0 bridgehead atoms. The van der Waals surface area contributed by atoms with E-state index in [9.17, 15) is 4.79 Å². The second-order valence-electron chi connectivity index (χ2n) is 6.92. The van der Waals surface area contributed by atoms with Crippen molar-refractivity contribution < 1.29 is 9.32 Å². The van der Waals surface area contributed by atoms with Gasteiger partial charge in [0, 0.05) is 11.9 Å². The zero-order valence-electron chi connectivity index (χ0n) is 16.3. The lowest BCUT2D eigenvalue weighted by molar-refractivity contribution is 0.0744. The predicted octanol–water partition coefficient (Wildman–Crippen LogP) is 5.40. The highest BCUT2D eigenvalue weighted by atomic mass is 32.1. The molecule has 0 saturated carbocycles. The summed E-state index contributed by atoms with van der Waals surface area (Å²) in [5.74, 6) is -0.0791. The lowest BCUT2D eigenvalue weighted by Crippen LogP contribution is -2.30. The maximum atomic E-state index is 13.4. The number of nitrogens with zero attached hydrogens (tertiary/aromatic N) is 3. The number of aromatic nitrogens is 2. The average molecular weight is 391 g/mol. The number of pyridine rings is 1. The molecule has 142 valence electrons. The largest absolute Gasteiger partial charge is 0.335 e. The molecule has 1 atom stereocenters. The molecule has 4 aromatic rings. The minimum absolute atomic E-state index is 0.0653. The second-order valence-corrected chi connectivity index (χ2v) is 8.20. The molecule has 0 fully saturated rings. The van der Waals surface area contributed by atoms with Crippen LogP contribution in [0.25, 0.3) is 21.7 Å². The highest BCUT2D eigenvalue weighted by Gasteiger charge is 2.25. The first kappa shape index (κ1) is 18.4. The van der Waals surface area contributed by atoms with Crippen LogP contribution < -0.4 is 0 Å². The van der Waals surface area contributed by atoms with Gasteiger partial charge in [-0.3, -0.25) is 4.79 Å². The van der Waals surface area contributed by atoms with E-state index in [0.717, 1.165) is 16.1 Å². The van der Waals surface area contributed by atoms with Gasteiger partial charge in [-0.15, -0.1) is 11.3 Å². The van der Waals surface area contributed by atoms with Crippen LogP contribution in [0, 0.1) is 13.8 Å². The van der Waals surface area contributed by atoms with Crippen molar-refractivity contribution in [3.05, 3.63) is 70.2 Å². The average Bonchev–Trinajstić information content (AvgIpc) is 3.32. The number of hydrogen-bond acceptors (Lipinski definition) is 5. The van der Waals surface area contributed by atoms with Crippen LogP contribution in [-0.4, -0.2) is 28.0 Å². The summed E-state index contributed by atoms with van der Waals surface area (Å²) < 4.78 is 5.41. The van der Waals surface area contributed by atoms with Crippen molar-refractivity contribution >= 4 is 28.3 Å². The topological polar surface area (TPSA) is 59.2 Å². The van der Waals surface area contributed by atoms with Gasteiger partial charge in [-0.2, -0.15) is 0 Å². The van der Waals surface area contributed by atoms with E-state index in [-0.39, 0.29) is 11.9 Å². The number of carbonyl (C=O) groups excluding carboxylic acids is 1. The Balaban J connectivity index is 1.80. The smallest absolute Gasteiger partial charge is 0.259 e. The SMILES string of the molecule is Cc1ccc(-c2cc(C(=O)N(C)C(C)c3ccccc3)c3c(C)noc3n2)s1. The summed E-state index contributed by atoms with van der Waals surface area (Å²) in [6.45, 7) is 5.90. The predicted molar refractivity (Wildman–Crippen MR) is 112 cm³/mol. The molecule has 0 aliphatic rings. The molecule has 0 aliphatic carbocycles. The van der Waals surface area contributed by atoms with Crippen LogP contribution in [-0.2, 0) is 0 Å². The number of carbonyl (C=O) groups is 1. The van der Waals surface area contributed by atoms with Crippen LogP contribution in [0.15, 0.2) is 53.1 Å². The highest BCUT2D eigenvalue weighted by molar-refractivity contribution is 7.15. The van der Waals surface area contributed by atoms with Gasteiger partial charge in [-0.05, 0) is 44.5 Å². The summed E-state index contributed by atoms with van der Waals surface area (Å²) in [5, 5.41) is 4.71. The quantitative estimate of drug-likeness (QED) is 0.467. The minimum Gasteiger partial charge on any atom is -0.335 e.